The van der Waals surface area contributed by atoms with Crippen LogP contribution in [0.5, 0.6) is 5.75 Å². The molecule has 190 valence electrons. The monoisotopic (exact) mass is 522 g/mol. The molecule has 0 saturated carbocycles. The van der Waals surface area contributed by atoms with E-state index in [2.05, 4.69) is 16.2 Å². The Labute approximate surface area is 215 Å². The Morgan fingerprint density at radius 3 is 2.59 bits per heavy atom. The SMILES string of the molecule is COCOc1ccc(C(=O)NNC(=O)c2occc2-c2csc(CNc3ccccc3)c2)cc1[N+](=O)[O-]. The van der Waals surface area contributed by atoms with Crippen molar-refractivity contribution in [2.75, 3.05) is 19.2 Å². The molecule has 3 N–H and O–H groups in total. The lowest BCUT2D eigenvalue weighted by molar-refractivity contribution is -0.386. The van der Waals surface area contributed by atoms with E-state index in [9.17, 15) is 19.7 Å². The molecule has 2 heterocycles. The van der Waals surface area contributed by atoms with Crippen LogP contribution in [0, 0.1) is 10.1 Å². The normalized spacial score (nSPS) is 10.5. The van der Waals surface area contributed by atoms with Crippen molar-refractivity contribution in [3.8, 4) is 16.9 Å². The number of ether oxygens (including phenoxy) is 2. The van der Waals surface area contributed by atoms with Crippen LogP contribution in [-0.2, 0) is 11.3 Å². The maximum absolute atomic E-state index is 12.7. The van der Waals surface area contributed by atoms with Crippen LogP contribution in [0.3, 0.4) is 0 Å². The maximum Gasteiger partial charge on any atom is 0.311 e. The summed E-state index contributed by atoms with van der Waals surface area (Å²) in [6.45, 7) is 0.425. The number of hydrogen-bond donors (Lipinski definition) is 3. The average molecular weight is 523 g/mol. The van der Waals surface area contributed by atoms with Crippen molar-refractivity contribution < 1.29 is 28.4 Å². The van der Waals surface area contributed by atoms with Gasteiger partial charge in [0.25, 0.3) is 5.91 Å². The zero-order chi connectivity index (χ0) is 26.2. The minimum absolute atomic E-state index is 0.00922. The zero-order valence-corrected chi connectivity index (χ0v) is 20.4. The molecule has 0 fully saturated rings. The molecule has 0 saturated heterocycles. The Balaban J connectivity index is 1.39. The fourth-order valence-corrected chi connectivity index (χ4v) is 4.18. The molecule has 37 heavy (non-hydrogen) atoms. The number of thiophene rings is 1. The Bertz CT molecular complexity index is 1400. The Kier molecular flexibility index (Phi) is 8.13. The third-order valence-electron chi connectivity index (χ3n) is 5.12. The van der Waals surface area contributed by atoms with Gasteiger partial charge in [0.15, 0.2) is 12.5 Å². The number of nitrogens with one attached hydrogen (secondary N) is 3. The Hall–Kier alpha value is -4.68. The lowest BCUT2D eigenvalue weighted by atomic mass is 10.1. The Morgan fingerprint density at radius 2 is 1.84 bits per heavy atom. The quantitative estimate of drug-likeness (QED) is 0.156. The number of methoxy groups -OCH3 is 1. The van der Waals surface area contributed by atoms with Gasteiger partial charge in [-0.05, 0) is 47.3 Å². The molecule has 0 radical (unpaired) electrons. The number of nitro groups is 1. The molecule has 12 heteroatoms. The summed E-state index contributed by atoms with van der Waals surface area (Å²) in [5.41, 5.74) is 6.41. The van der Waals surface area contributed by atoms with Gasteiger partial charge < -0.3 is 19.2 Å². The third-order valence-corrected chi connectivity index (χ3v) is 6.05. The van der Waals surface area contributed by atoms with Crippen LogP contribution in [-0.4, -0.2) is 30.6 Å². The highest BCUT2D eigenvalue weighted by atomic mass is 32.1. The summed E-state index contributed by atoms with van der Waals surface area (Å²) < 4.78 is 15.3. The molecule has 2 aromatic heterocycles. The molecule has 2 amide bonds. The molecular weight excluding hydrogens is 500 g/mol. The fraction of sp³-hybridized carbons (Fsp3) is 0.120. The fourth-order valence-electron chi connectivity index (χ4n) is 3.36. The van der Waals surface area contributed by atoms with Crippen molar-refractivity contribution in [1.29, 1.82) is 0 Å². The molecule has 0 aliphatic heterocycles. The smallest absolute Gasteiger partial charge is 0.311 e. The standard InChI is InChI=1S/C25H22N4O7S/c1-34-15-36-22-8-7-16(12-21(22)29(32)33)24(30)27-28-25(31)23-20(9-10-35-23)17-11-19(37-14-17)13-26-18-5-3-2-4-6-18/h2-12,14,26H,13,15H2,1H3,(H,27,30)(H,28,31). The van der Waals surface area contributed by atoms with Crippen LogP contribution in [0.25, 0.3) is 11.1 Å². The number of nitrogens with zero attached hydrogens (tertiary/aromatic N) is 1. The zero-order valence-electron chi connectivity index (χ0n) is 19.6. The number of carbonyl (C=O) groups is 2. The number of amides is 2. The molecule has 0 atom stereocenters. The van der Waals surface area contributed by atoms with E-state index in [4.69, 9.17) is 13.9 Å². The van der Waals surface area contributed by atoms with Crippen LogP contribution in [0.15, 0.2) is 76.7 Å². The van der Waals surface area contributed by atoms with E-state index in [1.54, 1.807) is 6.07 Å². The number of para-hydroxylation sites is 1. The van der Waals surface area contributed by atoms with Gasteiger partial charge in [0.2, 0.25) is 5.76 Å². The first-order chi connectivity index (χ1) is 18.0. The van der Waals surface area contributed by atoms with Gasteiger partial charge in [0.1, 0.15) is 0 Å². The number of rotatable bonds is 10. The van der Waals surface area contributed by atoms with Crippen LogP contribution in [0.1, 0.15) is 25.8 Å². The summed E-state index contributed by atoms with van der Waals surface area (Å²) in [7, 11) is 1.38. The summed E-state index contributed by atoms with van der Waals surface area (Å²) in [6.07, 6.45) is 1.38. The van der Waals surface area contributed by atoms with Crippen LogP contribution >= 0.6 is 11.3 Å². The summed E-state index contributed by atoms with van der Waals surface area (Å²) >= 11 is 1.53. The lowest BCUT2D eigenvalue weighted by Gasteiger charge is -2.09. The van der Waals surface area contributed by atoms with Crippen molar-refractivity contribution in [3.63, 3.8) is 0 Å². The van der Waals surface area contributed by atoms with Gasteiger partial charge >= 0.3 is 11.6 Å². The molecular formula is C25H22N4O7S. The predicted octanol–water partition coefficient (Wildman–Crippen LogP) is 4.59. The highest BCUT2D eigenvalue weighted by molar-refractivity contribution is 7.10. The van der Waals surface area contributed by atoms with Crippen LogP contribution < -0.4 is 20.9 Å². The molecule has 2 aromatic carbocycles. The first-order valence-electron chi connectivity index (χ1n) is 10.9. The van der Waals surface area contributed by atoms with Crippen molar-refractivity contribution in [1.82, 2.24) is 10.9 Å². The Morgan fingerprint density at radius 1 is 1.05 bits per heavy atom. The lowest BCUT2D eigenvalue weighted by Crippen LogP contribution is -2.41. The van der Waals surface area contributed by atoms with E-state index in [1.165, 1.54) is 36.8 Å². The number of hydrazine groups is 1. The van der Waals surface area contributed by atoms with Crippen molar-refractivity contribution in [3.05, 3.63) is 98.6 Å². The number of furan rings is 1. The number of nitro benzene ring substituents is 1. The number of anilines is 1. The largest absolute Gasteiger partial charge is 0.460 e. The van der Waals surface area contributed by atoms with E-state index in [1.807, 2.05) is 41.8 Å². The van der Waals surface area contributed by atoms with Gasteiger partial charge in [-0.15, -0.1) is 11.3 Å². The predicted molar refractivity (Wildman–Crippen MR) is 136 cm³/mol. The molecule has 0 unspecified atom stereocenters. The van der Waals surface area contributed by atoms with Gasteiger partial charge in [-0.25, -0.2) is 0 Å². The van der Waals surface area contributed by atoms with E-state index in [0.717, 1.165) is 22.2 Å². The molecule has 4 aromatic rings. The highest BCUT2D eigenvalue weighted by Crippen LogP contribution is 2.30. The average Bonchev–Trinajstić information content (AvgIpc) is 3.59. The molecule has 0 spiro atoms. The minimum Gasteiger partial charge on any atom is -0.460 e. The second kappa shape index (κ2) is 11.8. The van der Waals surface area contributed by atoms with E-state index in [-0.39, 0.29) is 23.9 Å². The second-order valence-corrected chi connectivity index (χ2v) is 8.58. The van der Waals surface area contributed by atoms with Crippen molar-refractivity contribution >= 4 is 34.5 Å². The van der Waals surface area contributed by atoms with Gasteiger partial charge in [0, 0.05) is 41.4 Å². The van der Waals surface area contributed by atoms with Crippen molar-refractivity contribution in [2.24, 2.45) is 0 Å². The number of hydrogen-bond acceptors (Lipinski definition) is 9. The van der Waals surface area contributed by atoms with Gasteiger partial charge in [-0.3, -0.25) is 30.6 Å². The molecule has 11 nitrogen and oxygen atoms in total. The van der Waals surface area contributed by atoms with E-state index < -0.39 is 22.4 Å². The van der Waals surface area contributed by atoms with Crippen LogP contribution in [0.4, 0.5) is 11.4 Å². The summed E-state index contributed by atoms with van der Waals surface area (Å²) in [6, 6.07) is 17.1. The van der Waals surface area contributed by atoms with E-state index >= 15 is 0 Å². The van der Waals surface area contributed by atoms with E-state index in [0.29, 0.717) is 12.1 Å². The summed E-state index contributed by atoms with van der Waals surface area (Å²) in [4.78, 5) is 37.0. The minimum atomic E-state index is -0.757. The number of carbonyl (C=O) groups excluding carboxylic acids is 2. The number of benzene rings is 2. The molecule has 0 aliphatic carbocycles. The second-order valence-electron chi connectivity index (χ2n) is 7.58. The topological polar surface area (TPSA) is 145 Å². The highest BCUT2D eigenvalue weighted by Gasteiger charge is 2.21. The first-order valence-corrected chi connectivity index (χ1v) is 11.8. The summed E-state index contributed by atoms with van der Waals surface area (Å²) in [5, 5.41) is 16.6. The van der Waals surface area contributed by atoms with Crippen molar-refractivity contribution in [2.45, 2.75) is 6.54 Å². The first kappa shape index (κ1) is 25.4. The molecule has 0 aliphatic rings. The third kappa shape index (κ3) is 6.31. The van der Waals surface area contributed by atoms with Gasteiger partial charge in [-0.2, -0.15) is 0 Å². The maximum atomic E-state index is 12.7. The van der Waals surface area contributed by atoms with Gasteiger partial charge in [0.05, 0.1) is 11.2 Å². The summed E-state index contributed by atoms with van der Waals surface area (Å²) in [5.74, 6) is -1.48. The molecule has 4 rings (SSSR count). The molecule has 0 bridgehead atoms. The van der Waals surface area contributed by atoms with Crippen LogP contribution in [0.2, 0.25) is 0 Å². The van der Waals surface area contributed by atoms with Gasteiger partial charge in [-0.1, -0.05) is 18.2 Å².